The molecular weight excluding hydrogens is 302 g/mol. The van der Waals surface area contributed by atoms with Crippen molar-refractivity contribution in [2.75, 3.05) is 0 Å². The van der Waals surface area contributed by atoms with E-state index in [1.54, 1.807) is 12.1 Å². The number of rotatable bonds is 1. The number of aliphatic hydroxyl groups is 2. The molecule has 0 amide bonds. The Labute approximate surface area is 141 Å². The summed E-state index contributed by atoms with van der Waals surface area (Å²) in [6, 6.07) is 11.5. The van der Waals surface area contributed by atoms with Gasteiger partial charge in [0.05, 0.1) is 18.6 Å². The number of nitrogens with zero attached hydrogens (tertiary/aromatic N) is 1. The molecule has 1 fully saturated rings. The van der Waals surface area contributed by atoms with E-state index in [0.29, 0.717) is 6.42 Å². The Balaban J connectivity index is 1.89. The molecule has 4 rings (SSSR count). The van der Waals surface area contributed by atoms with Crippen LogP contribution in [0.4, 0.5) is 0 Å². The van der Waals surface area contributed by atoms with Crippen LogP contribution in [0.3, 0.4) is 0 Å². The Morgan fingerprint density at radius 3 is 2.83 bits per heavy atom. The Morgan fingerprint density at radius 1 is 1.29 bits per heavy atom. The number of aromatic hydroxyl groups is 1. The second-order valence-electron chi connectivity index (χ2n) is 7.52. The lowest BCUT2D eigenvalue weighted by atomic mass is 9.60. The number of fused-ring (bicyclic) bond motifs is 5. The third-order valence-corrected chi connectivity index (χ3v) is 6.54. The maximum absolute atomic E-state index is 11.1. The summed E-state index contributed by atoms with van der Waals surface area (Å²) in [6.45, 7) is 2.01. The summed E-state index contributed by atoms with van der Waals surface area (Å²) in [5, 5.41) is 42.5. The quantitative estimate of drug-likeness (QED) is 0.753. The van der Waals surface area contributed by atoms with Crippen LogP contribution in [0.5, 0.6) is 5.75 Å². The minimum atomic E-state index is -1.35. The summed E-state index contributed by atoms with van der Waals surface area (Å²) in [6.07, 6.45) is 1.09. The SMILES string of the molecule is C[C@]12CCc3c(ccc4cc(O)ccc34)[C@@H]1C[C@@H](O)[C@@]2(O)CC#N. The van der Waals surface area contributed by atoms with Crippen molar-refractivity contribution in [2.24, 2.45) is 5.41 Å². The van der Waals surface area contributed by atoms with Gasteiger partial charge in [0.2, 0.25) is 0 Å². The fraction of sp³-hybridized carbons (Fsp3) is 0.450. The molecule has 3 N–H and O–H groups in total. The normalized spacial score (nSPS) is 34.6. The summed E-state index contributed by atoms with van der Waals surface area (Å²) in [5.74, 6) is 0.288. The Kier molecular flexibility index (Phi) is 3.19. The number of hydrogen-bond acceptors (Lipinski definition) is 4. The molecule has 0 aromatic heterocycles. The van der Waals surface area contributed by atoms with Crippen molar-refractivity contribution >= 4 is 10.8 Å². The van der Waals surface area contributed by atoms with Gasteiger partial charge in [0, 0.05) is 5.41 Å². The molecular formula is C20H21NO3. The third kappa shape index (κ3) is 1.80. The Morgan fingerprint density at radius 2 is 2.08 bits per heavy atom. The summed E-state index contributed by atoms with van der Waals surface area (Å²) in [5.41, 5.74) is 0.548. The van der Waals surface area contributed by atoms with Crippen molar-refractivity contribution in [2.45, 2.75) is 50.2 Å². The number of hydrogen-bond donors (Lipinski definition) is 3. The summed E-state index contributed by atoms with van der Waals surface area (Å²) < 4.78 is 0. The summed E-state index contributed by atoms with van der Waals surface area (Å²) in [4.78, 5) is 0. The molecule has 4 heteroatoms. The summed E-state index contributed by atoms with van der Waals surface area (Å²) >= 11 is 0. The van der Waals surface area contributed by atoms with Crippen molar-refractivity contribution in [3.63, 3.8) is 0 Å². The fourth-order valence-electron chi connectivity index (χ4n) is 5.05. The molecule has 4 nitrogen and oxygen atoms in total. The highest BCUT2D eigenvalue weighted by molar-refractivity contribution is 5.88. The van der Waals surface area contributed by atoms with Crippen molar-refractivity contribution < 1.29 is 15.3 Å². The van der Waals surface area contributed by atoms with Gasteiger partial charge >= 0.3 is 0 Å². The van der Waals surface area contributed by atoms with E-state index >= 15 is 0 Å². The molecule has 0 unspecified atom stereocenters. The predicted molar refractivity (Wildman–Crippen MR) is 90.6 cm³/mol. The molecule has 2 aromatic rings. The van der Waals surface area contributed by atoms with E-state index in [1.807, 2.05) is 19.1 Å². The maximum atomic E-state index is 11.1. The molecule has 0 saturated heterocycles. The predicted octanol–water partition coefficient (Wildman–Crippen LogP) is 2.99. The van der Waals surface area contributed by atoms with Gasteiger partial charge in [-0.1, -0.05) is 25.1 Å². The van der Waals surface area contributed by atoms with E-state index in [-0.39, 0.29) is 18.1 Å². The molecule has 0 heterocycles. The van der Waals surface area contributed by atoms with E-state index in [1.165, 1.54) is 5.56 Å². The van der Waals surface area contributed by atoms with E-state index < -0.39 is 17.1 Å². The van der Waals surface area contributed by atoms with Gasteiger partial charge in [-0.15, -0.1) is 0 Å². The summed E-state index contributed by atoms with van der Waals surface area (Å²) in [7, 11) is 0. The number of phenolic OH excluding ortho intramolecular Hbond substituents is 1. The van der Waals surface area contributed by atoms with Crippen molar-refractivity contribution in [3.05, 3.63) is 41.5 Å². The molecule has 1 saturated carbocycles. The lowest BCUT2D eigenvalue weighted by Gasteiger charge is -2.46. The number of benzene rings is 2. The van der Waals surface area contributed by atoms with Gasteiger partial charge < -0.3 is 15.3 Å². The second kappa shape index (κ2) is 4.95. The molecule has 124 valence electrons. The minimum Gasteiger partial charge on any atom is -0.508 e. The highest BCUT2D eigenvalue weighted by Gasteiger charge is 2.62. The zero-order valence-corrected chi connectivity index (χ0v) is 13.7. The van der Waals surface area contributed by atoms with E-state index in [0.717, 1.165) is 29.2 Å². The number of aliphatic hydroxyl groups excluding tert-OH is 1. The van der Waals surface area contributed by atoms with Crippen molar-refractivity contribution in [1.82, 2.24) is 0 Å². The standard InChI is InChI=1S/C20H21NO3/c1-19-7-6-15-14-5-3-13(22)10-12(14)2-4-16(15)17(19)11-18(23)20(19,24)8-9-21/h2-5,10,17-18,22-24H,6-8,11H2,1H3/t17-,18+,19-,20-/m0/s1. The van der Waals surface area contributed by atoms with Gasteiger partial charge in [0.25, 0.3) is 0 Å². The highest BCUT2D eigenvalue weighted by atomic mass is 16.3. The lowest BCUT2D eigenvalue weighted by molar-refractivity contribution is -0.120. The van der Waals surface area contributed by atoms with Crippen LogP contribution < -0.4 is 0 Å². The Bertz CT molecular complexity index is 871. The van der Waals surface area contributed by atoms with Crippen LogP contribution in [0.15, 0.2) is 30.3 Å². The monoisotopic (exact) mass is 323 g/mol. The first-order valence-electron chi connectivity index (χ1n) is 8.42. The fourth-order valence-corrected chi connectivity index (χ4v) is 5.05. The second-order valence-corrected chi connectivity index (χ2v) is 7.52. The van der Waals surface area contributed by atoms with Gasteiger partial charge in [0.15, 0.2) is 0 Å². The molecule has 2 aromatic carbocycles. The molecule has 2 aliphatic carbocycles. The van der Waals surface area contributed by atoms with Crippen LogP contribution in [0.2, 0.25) is 0 Å². The van der Waals surface area contributed by atoms with Gasteiger partial charge in [-0.05, 0) is 59.2 Å². The largest absolute Gasteiger partial charge is 0.508 e. The topological polar surface area (TPSA) is 84.5 Å². The first-order valence-corrected chi connectivity index (χ1v) is 8.42. The van der Waals surface area contributed by atoms with Crippen molar-refractivity contribution in [3.8, 4) is 11.8 Å². The zero-order valence-electron chi connectivity index (χ0n) is 13.7. The average Bonchev–Trinajstić information content (AvgIpc) is 2.75. The molecule has 0 bridgehead atoms. The number of phenols is 1. The van der Waals surface area contributed by atoms with Crippen LogP contribution >= 0.6 is 0 Å². The maximum Gasteiger partial charge on any atom is 0.116 e. The van der Waals surface area contributed by atoms with Crippen LogP contribution in [-0.2, 0) is 6.42 Å². The lowest BCUT2D eigenvalue weighted by Crippen LogP contribution is -2.51. The molecule has 2 aliphatic rings. The first-order chi connectivity index (χ1) is 11.4. The Hall–Kier alpha value is -2.09. The van der Waals surface area contributed by atoms with Crippen LogP contribution in [0.1, 0.15) is 43.2 Å². The zero-order chi connectivity index (χ0) is 17.1. The molecule has 4 atom stereocenters. The van der Waals surface area contributed by atoms with E-state index in [4.69, 9.17) is 5.26 Å². The van der Waals surface area contributed by atoms with E-state index in [9.17, 15) is 15.3 Å². The van der Waals surface area contributed by atoms with Crippen LogP contribution in [0.25, 0.3) is 10.8 Å². The highest BCUT2D eigenvalue weighted by Crippen LogP contribution is 2.61. The van der Waals surface area contributed by atoms with Gasteiger partial charge in [0.1, 0.15) is 11.4 Å². The first kappa shape index (κ1) is 15.4. The van der Waals surface area contributed by atoms with Gasteiger partial charge in [-0.2, -0.15) is 5.26 Å². The number of aryl methyl sites for hydroxylation is 1. The average molecular weight is 323 g/mol. The molecule has 24 heavy (non-hydrogen) atoms. The third-order valence-electron chi connectivity index (χ3n) is 6.54. The molecule has 0 spiro atoms. The molecule has 0 radical (unpaired) electrons. The minimum absolute atomic E-state index is 0.0350. The van der Waals surface area contributed by atoms with Crippen LogP contribution in [0, 0.1) is 16.7 Å². The van der Waals surface area contributed by atoms with E-state index in [2.05, 4.69) is 12.1 Å². The number of nitriles is 1. The van der Waals surface area contributed by atoms with Gasteiger partial charge in [-0.3, -0.25) is 0 Å². The van der Waals surface area contributed by atoms with Crippen LogP contribution in [-0.4, -0.2) is 27.0 Å². The smallest absolute Gasteiger partial charge is 0.116 e. The van der Waals surface area contributed by atoms with Crippen molar-refractivity contribution in [1.29, 1.82) is 5.26 Å². The van der Waals surface area contributed by atoms with Gasteiger partial charge in [-0.25, -0.2) is 0 Å². The molecule has 0 aliphatic heterocycles.